The Labute approximate surface area is 181 Å². The van der Waals surface area contributed by atoms with Gasteiger partial charge >= 0.3 is 6.09 Å². The van der Waals surface area contributed by atoms with E-state index in [1.165, 1.54) is 11.8 Å². The first-order valence-corrected chi connectivity index (χ1v) is 12.6. The van der Waals surface area contributed by atoms with E-state index >= 15 is 0 Å². The zero-order chi connectivity index (χ0) is 21.6. The van der Waals surface area contributed by atoms with Crippen molar-refractivity contribution < 1.29 is 22.7 Å². The van der Waals surface area contributed by atoms with Crippen LogP contribution in [0, 0.1) is 5.92 Å². The molecule has 2 atom stereocenters. The van der Waals surface area contributed by atoms with Gasteiger partial charge < -0.3 is 10.1 Å². The Morgan fingerprint density at radius 3 is 2.50 bits per heavy atom. The van der Waals surface area contributed by atoms with Gasteiger partial charge in [0.1, 0.15) is 12.4 Å². The van der Waals surface area contributed by atoms with E-state index in [-0.39, 0.29) is 29.5 Å². The zero-order valence-electron chi connectivity index (χ0n) is 16.7. The number of carbonyl (C=O) groups excluding carboxylic acids is 2. The third-order valence-electron chi connectivity index (χ3n) is 5.16. The lowest BCUT2D eigenvalue weighted by atomic mass is 9.85. The maximum Gasteiger partial charge on any atom is 0.407 e. The van der Waals surface area contributed by atoms with E-state index in [9.17, 15) is 18.0 Å². The number of ketones is 1. The van der Waals surface area contributed by atoms with Crippen LogP contribution in [-0.4, -0.2) is 38.3 Å². The first-order chi connectivity index (χ1) is 14.4. The van der Waals surface area contributed by atoms with Gasteiger partial charge in [-0.05, 0) is 42.5 Å². The quantitative estimate of drug-likeness (QED) is 0.649. The van der Waals surface area contributed by atoms with Gasteiger partial charge in [0.15, 0.2) is 9.84 Å². The molecule has 2 aromatic carbocycles. The molecule has 6 nitrogen and oxygen atoms in total. The molecule has 1 saturated carbocycles. The molecule has 0 radical (unpaired) electrons. The van der Waals surface area contributed by atoms with Gasteiger partial charge in [0.2, 0.25) is 0 Å². The molecule has 1 aliphatic rings. The van der Waals surface area contributed by atoms with Gasteiger partial charge in [-0.3, -0.25) is 4.79 Å². The first kappa shape index (κ1) is 22.4. The number of sulfone groups is 1. The van der Waals surface area contributed by atoms with Crippen LogP contribution >= 0.6 is 11.8 Å². The fourth-order valence-electron chi connectivity index (χ4n) is 3.53. The van der Waals surface area contributed by atoms with Crippen molar-refractivity contribution >= 4 is 33.5 Å². The van der Waals surface area contributed by atoms with Crippen molar-refractivity contribution in [3.05, 3.63) is 60.2 Å². The Balaban J connectivity index is 1.64. The number of benzene rings is 2. The Morgan fingerprint density at radius 1 is 1.13 bits per heavy atom. The van der Waals surface area contributed by atoms with Gasteiger partial charge in [0, 0.05) is 29.7 Å². The van der Waals surface area contributed by atoms with Crippen LogP contribution in [-0.2, 0) is 26.0 Å². The maximum absolute atomic E-state index is 12.9. The molecule has 0 aliphatic heterocycles. The van der Waals surface area contributed by atoms with Crippen LogP contribution in [0.25, 0.3) is 0 Å². The van der Waals surface area contributed by atoms with E-state index in [0.29, 0.717) is 12.8 Å². The Morgan fingerprint density at radius 2 is 1.83 bits per heavy atom. The smallest absolute Gasteiger partial charge is 0.407 e. The van der Waals surface area contributed by atoms with E-state index in [1.807, 2.05) is 36.6 Å². The van der Waals surface area contributed by atoms with Gasteiger partial charge in [-0.25, -0.2) is 13.2 Å². The molecular weight excluding hydrogens is 422 g/mol. The number of amides is 1. The summed E-state index contributed by atoms with van der Waals surface area (Å²) in [4.78, 5) is 25.4. The highest BCUT2D eigenvalue weighted by molar-refractivity contribution is 7.98. The molecule has 1 aliphatic carbocycles. The molecule has 0 saturated heterocycles. The summed E-state index contributed by atoms with van der Waals surface area (Å²) < 4.78 is 31.0. The molecule has 3 rings (SSSR count). The number of hydrogen-bond donors (Lipinski definition) is 1. The van der Waals surface area contributed by atoms with Gasteiger partial charge in [-0.2, -0.15) is 0 Å². The Hall–Kier alpha value is -2.32. The maximum atomic E-state index is 12.9. The molecule has 1 N–H and O–H groups in total. The number of hydrogen-bond acceptors (Lipinski definition) is 6. The lowest BCUT2D eigenvalue weighted by Gasteiger charge is -2.31. The van der Waals surface area contributed by atoms with Gasteiger partial charge in [-0.15, -0.1) is 11.8 Å². The van der Waals surface area contributed by atoms with Crippen molar-refractivity contribution in [2.75, 3.05) is 12.0 Å². The van der Waals surface area contributed by atoms with Crippen LogP contribution in [0.4, 0.5) is 4.79 Å². The summed E-state index contributed by atoms with van der Waals surface area (Å²) in [5, 5.41) is 2.77. The first-order valence-electron chi connectivity index (χ1n) is 9.73. The fourth-order valence-corrected chi connectivity index (χ4v) is 5.60. The van der Waals surface area contributed by atoms with E-state index in [0.717, 1.165) is 10.5 Å². The topological polar surface area (TPSA) is 89.5 Å². The van der Waals surface area contributed by atoms with E-state index in [4.69, 9.17) is 4.74 Å². The van der Waals surface area contributed by atoms with E-state index in [1.54, 1.807) is 24.3 Å². The second-order valence-electron chi connectivity index (χ2n) is 7.31. The van der Waals surface area contributed by atoms with Gasteiger partial charge in [0.05, 0.1) is 10.6 Å². The molecule has 0 spiro atoms. The second-order valence-corrected chi connectivity index (χ2v) is 10.2. The molecule has 0 bridgehead atoms. The minimum Gasteiger partial charge on any atom is -0.445 e. The molecule has 2 unspecified atom stereocenters. The average Bonchev–Trinajstić information content (AvgIpc) is 2.75. The van der Waals surface area contributed by atoms with E-state index in [2.05, 4.69) is 5.32 Å². The van der Waals surface area contributed by atoms with Crippen molar-refractivity contribution in [2.45, 2.75) is 41.7 Å². The van der Waals surface area contributed by atoms with Crippen molar-refractivity contribution in [2.24, 2.45) is 5.92 Å². The Kier molecular flexibility index (Phi) is 7.55. The number of rotatable bonds is 7. The van der Waals surface area contributed by atoms with Crippen molar-refractivity contribution in [3.8, 4) is 0 Å². The second kappa shape index (κ2) is 10.1. The molecular formula is C22H25NO5S2. The highest BCUT2D eigenvalue weighted by atomic mass is 32.2. The van der Waals surface area contributed by atoms with Crippen LogP contribution in [0.3, 0.4) is 0 Å². The fraction of sp³-hybridized carbons (Fsp3) is 0.364. The highest BCUT2D eigenvalue weighted by Gasteiger charge is 2.34. The lowest BCUT2D eigenvalue weighted by Crippen LogP contribution is -2.46. The predicted octanol–water partition coefficient (Wildman–Crippen LogP) is 3.85. The lowest BCUT2D eigenvalue weighted by molar-refractivity contribution is -0.121. The normalized spacial score (nSPS) is 19.3. The molecule has 0 aromatic heterocycles. The van der Waals surface area contributed by atoms with Crippen LogP contribution in [0.15, 0.2) is 64.4 Å². The highest BCUT2D eigenvalue weighted by Crippen LogP contribution is 2.27. The number of ether oxygens (including phenoxy) is 1. The Bertz CT molecular complexity index is 974. The van der Waals surface area contributed by atoms with E-state index < -0.39 is 27.9 Å². The van der Waals surface area contributed by atoms with Crippen LogP contribution < -0.4 is 5.32 Å². The summed E-state index contributed by atoms with van der Waals surface area (Å²) in [5.74, 6) is -0.662. The molecule has 2 aromatic rings. The largest absolute Gasteiger partial charge is 0.445 e. The van der Waals surface area contributed by atoms with Crippen molar-refractivity contribution in [3.63, 3.8) is 0 Å². The molecule has 30 heavy (non-hydrogen) atoms. The standard InChI is InChI=1S/C22H25NO5S2/c1-29-19-8-10-20(11-9-19)30(26,27)15-17-13-18(24)7-12-21(17)23-22(25)28-14-16-5-3-2-4-6-16/h2-6,8-11,17,21H,7,12-15H2,1H3,(H,23,25). The zero-order valence-corrected chi connectivity index (χ0v) is 18.4. The van der Waals surface area contributed by atoms with Gasteiger partial charge in [-0.1, -0.05) is 30.3 Å². The SMILES string of the molecule is CSc1ccc(S(=O)(=O)CC2CC(=O)CCC2NC(=O)OCc2ccccc2)cc1. The third kappa shape index (κ3) is 6.09. The summed E-state index contributed by atoms with van der Waals surface area (Å²) >= 11 is 1.53. The number of Topliss-reactive ketones (excluding diaryl/α,β-unsaturated/α-hetero) is 1. The summed E-state index contributed by atoms with van der Waals surface area (Å²) in [5.41, 5.74) is 0.860. The molecule has 160 valence electrons. The number of carbonyl (C=O) groups is 2. The van der Waals surface area contributed by atoms with Crippen molar-refractivity contribution in [1.82, 2.24) is 5.32 Å². The summed E-state index contributed by atoms with van der Waals surface area (Å²) in [6, 6.07) is 15.6. The molecule has 1 amide bonds. The number of thioether (sulfide) groups is 1. The average molecular weight is 448 g/mol. The summed E-state index contributed by atoms with van der Waals surface area (Å²) in [6.07, 6.45) is 2.17. The summed E-state index contributed by atoms with van der Waals surface area (Å²) in [7, 11) is -3.59. The van der Waals surface area contributed by atoms with Crippen LogP contribution in [0.1, 0.15) is 24.8 Å². The summed E-state index contributed by atoms with van der Waals surface area (Å²) in [6.45, 7) is 0.128. The monoisotopic (exact) mass is 447 g/mol. The van der Waals surface area contributed by atoms with Crippen LogP contribution in [0.5, 0.6) is 0 Å². The number of nitrogens with one attached hydrogen (secondary N) is 1. The minimum absolute atomic E-state index is 0.0173. The third-order valence-corrected chi connectivity index (χ3v) is 7.76. The molecule has 1 fully saturated rings. The predicted molar refractivity (Wildman–Crippen MR) is 116 cm³/mol. The molecule has 0 heterocycles. The van der Waals surface area contributed by atoms with Crippen LogP contribution in [0.2, 0.25) is 0 Å². The number of alkyl carbamates (subject to hydrolysis) is 1. The van der Waals surface area contributed by atoms with Gasteiger partial charge in [0.25, 0.3) is 0 Å². The molecule has 8 heteroatoms. The minimum atomic E-state index is -3.59. The van der Waals surface area contributed by atoms with Crippen molar-refractivity contribution in [1.29, 1.82) is 0 Å².